The summed E-state index contributed by atoms with van der Waals surface area (Å²) in [6.07, 6.45) is 0. The van der Waals surface area contributed by atoms with Gasteiger partial charge in [0.15, 0.2) is 5.58 Å². The Morgan fingerprint density at radius 1 is 1.00 bits per heavy atom. The molecule has 2 heterocycles. The molecule has 3 amide bonds. The lowest BCUT2D eigenvalue weighted by molar-refractivity contribution is -0.116. The zero-order valence-corrected chi connectivity index (χ0v) is 17.0. The number of hydrogen-bond acceptors (Lipinski definition) is 6. The molecular formula is C24H17N3O5. The number of oxazole rings is 1. The fourth-order valence-electron chi connectivity index (χ4n) is 3.61. The summed E-state index contributed by atoms with van der Waals surface area (Å²) in [5.41, 5.74) is 2.95. The Labute approximate surface area is 182 Å². The summed E-state index contributed by atoms with van der Waals surface area (Å²) in [7, 11) is 1.59. The normalized spacial score (nSPS) is 12.8. The number of aromatic nitrogens is 1. The number of benzene rings is 3. The third kappa shape index (κ3) is 3.37. The summed E-state index contributed by atoms with van der Waals surface area (Å²) in [4.78, 5) is 42.8. The summed E-state index contributed by atoms with van der Waals surface area (Å²) >= 11 is 0. The van der Waals surface area contributed by atoms with E-state index in [1.165, 1.54) is 0 Å². The van der Waals surface area contributed by atoms with Gasteiger partial charge in [0.2, 0.25) is 11.8 Å². The van der Waals surface area contributed by atoms with Crippen molar-refractivity contribution >= 4 is 34.5 Å². The molecule has 1 aliphatic heterocycles. The molecule has 0 saturated carbocycles. The maximum Gasteiger partial charge on any atom is 0.262 e. The molecule has 1 N–H and O–H groups in total. The van der Waals surface area contributed by atoms with Crippen LogP contribution in [0.25, 0.3) is 22.6 Å². The van der Waals surface area contributed by atoms with Crippen LogP contribution < -0.4 is 10.1 Å². The van der Waals surface area contributed by atoms with Gasteiger partial charge >= 0.3 is 0 Å². The van der Waals surface area contributed by atoms with E-state index in [1.807, 2.05) is 24.3 Å². The molecule has 1 aromatic heterocycles. The second-order valence-electron chi connectivity index (χ2n) is 7.22. The summed E-state index contributed by atoms with van der Waals surface area (Å²) in [5, 5.41) is 2.70. The second kappa shape index (κ2) is 7.66. The molecule has 32 heavy (non-hydrogen) atoms. The van der Waals surface area contributed by atoms with Crippen LogP contribution in [-0.2, 0) is 4.79 Å². The maximum absolute atomic E-state index is 12.5. The van der Waals surface area contributed by atoms with E-state index in [2.05, 4.69) is 10.3 Å². The lowest BCUT2D eigenvalue weighted by Crippen LogP contribution is -2.37. The van der Waals surface area contributed by atoms with Crippen LogP contribution in [0.4, 0.5) is 5.69 Å². The Hall–Kier alpha value is -4.46. The van der Waals surface area contributed by atoms with Crippen molar-refractivity contribution < 1.29 is 23.5 Å². The molecule has 158 valence electrons. The summed E-state index contributed by atoms with van der Waals surface area (Å²) in [5.74, 6) is -0.339. The molecule has 4 aromatic rings. The molecule has 0 aliphatic carbocycles. The third-order valence-corrected chi connectivity index (χ3v) is 5.17. The largest absolute Gasteiger partial charge is 0.497 e. The number of hydrogen-bond donors (Lipinski definition) is 1. The number of anilines is 1. The smallest absolute Gasteiger partial charge is 0.262 e. The van der Waals surface area contributed by atoms with Crippen molar-refractivity contribution in [3.05, 3.63) is 77.9 Å². The van der Waals surface area contributed by atoms with Crippen LogP contribution in [-0.4, -0.2) is 41.3 Å². The highest BCUT2D eigenvalue weighted by Crippen LogP contribution is 2.28. The minimum absolute atomic E-state index is 0.304. The number of ether oxygens (including phenoxy) is 1. The highest BCUT2D eigenvalue weighted by Gasteiger charge is 2.36. The zero-order valence-electron chi connectivity index (χ0n) is 17.0. The van der Waals surface area contributed by atoms with Crippen molar-refractivity contribution in [2.45, 2.75) is 0 Å². The van der Waals surface area contributed by atoms with Crippen LogP contribution in [0.2, 0.25) is 0 Å². The number of methoxy groups -OCH3 is 1. The Bertz CT molecular complexity index is 1360. The van der Waals surface area contributed by atoms with Crippen molar-refractivity contribution in [2.75, 3.05) is 19.0 Å². The van der Waals surface area contributed by atoms with Gasteiger partial charge < -0.3 is 14.5 Å². The van der Waals surface area contributed by atoms with Crippen LogP contribution in [0.15, 0.2) is 71.1 Å². The predicted octanol–water partition coefficient (Wildman–Crippen LogP) is 3.74. The predicted molar refractivity (Wildman–Crippen MR) is 116 cm³/mol. The summed E-state index contributed by atoms with van der Waals surface area (Å²) < 4.78 is 11.1. The van der Waals surface area contributed by atoms with Crippen molar-refractivity contribution in [1.29, 1.82) is 0 Å². The van der Waals surface area contributed by atoms with E-state index in [0.29, 0.717) is 39.6 Å². The van der Waals surface area contributed by atoms with Gasteiger partial charge in [-0.15, -0.1) is 0 Å². The topological polar surface area (TPSA) is 102 Å². The van der Waals surface area contributed by atoms with Gasteiger partial charge in [0.25, 0.3) is 11.8 Å². The van der Waals surface area contributed by atoms with E-state index in [-0.39, 0.29) is 6.54 Å². The van der Waals surface area contributed by atoms with E-state index in [1.54, 1.807) is 49.6 Å². The average Bonchev–Trinajstić information content (AvgIpc) is 3.34. The fraction of sp³-hybridized carbons (Fsp3) is 0.0833. The van der Waals surface area contributed by atoms with Gasteiger partial charge in [0.1, 0.15) is 17.8 Å². The van der Waals surface area contributed by atoms with Crippen molar-refractivity contribution in [3.63, 3.8) is 0 Å². The minimum Gasteiger partial charge on any atom is -0.497 e. The van der Waals surface area contributed by atoms with Gasteiger partial charge in [0.05, 0.1) is 18.2 Å². The Morgan fingerprint density at radius 3 is 2.47 bits per heavy atom. The van der Waals surface area contributed by atoms with Gasteiger partial charge in [-0.05, 0) is 42.5 Å². The highest BCUT2D eigenvalue weighted by atomic mass is 16.5. The van der Waals surface area contributed by atoms with Crippen LogP contribution >= 0.6 is 0 Å². The van der Waals surface area contributed by atoms with Gasteiger partial charge in [0, 0.05) is 17.3 Å². The van der Waals surface area contributed by atoms with Crippen molar-refractivity contribution in [1.82, 2.24) is 9.88 Å². The fourth-order valence-corrected chi connectivity index (χ4v) is 3.61. The number of amides is 3. The molecule has 0 fully saturated rings. The zero-order chi connectivity index (χ0) is 22.2. The number of carbonyl (C=O) groups excluding carboxylic acids is 3. The third-order valence-electron chi connectivity index (χ3n) is 5.17. The quantitative estimate of drug-likeness (QED) is 0.487. The molecule has 0 saturated heterocycles. The molecular weight excluding hydrogens is 410 g/mol. The molecule has 8 nitrogen and oxygen atoms in total. The lowest BCUT2D eigenvalue weighted by atomic mass is 10.1. The molecule has 0 spiro atoms. The number of nitrogens with one attached hydrogen (secondary N) is 1. The van der Waals surface area contributed by atoms with Crippen LogP contribution in [0.5, 0.6) is 5.75 Å². The summed E-state index contributed by atoms with van der Waals surface area (Å²) in [6, 6.07) is 18.9. The second-order valence-corrected chi connectivity index (χ2v) is 7.22. The number of carbonyl (C=O) groups is 3. The first-order valence-corrected chi connectivity index (χ1v) is 9.83. The van der Waals surface area contributed by atoms with Crippen LogP contribution in [0, 0.1) is 0 Å². The number of fused-ring (bicyclic) bond motifs is 2. The first-order chi connectivity index (χ1) is 15.5. The SMILES string of the molecule is COc1cccc(-c2nc3ccc(NC(=O)CN4C(=O)c5ccccc5C4=O)cc3o2)c1. The highest BCUT2D eigenvalue weighted by molar-refractivity contribution is 6.22. The van der Waals surface area contributed by atoms with E-state index in [9.17, 15) is 14.4 Å². The molecule has 8 heteroatoms. The van der Waals surface area contributed by atoms with Crippen LogP contribution in [0.3, 0.4) is 0 Å². The standard InChI is InChI=1S/C24H17N3O5/c1-31-16-6-4-5-14(11-16)22-26-19-10-9-15(12-20(19)32-22)25-21(28)13-27-23(29)17-7-2-3-8-18(17)24(27)30/h2-12H,13H2,1H3,(H,25,28). The monoisotopic (exact) mass is 427 g/mol. The molecule has 3 aromatic carbocycles. The average molecular weight is 427 g/mol. The van der Waals surface area contributed by atoms with Gasteiger partial charge in [-0.25, -0.2) is 4.98 Å². The lowest BCUT2D eigenvalue weighted by Gasteiger charge is -2.13. The van der Waals surface area contributed by atoms with E-state index >= 15 is 0 Å². The minimum atomic E-state index is -0.494. The Kier molecular flexibility index (Phi) is 4.67. The summed E-state index contributed by atoms with van der Waals surface area (Å²) in [6.45, 7) is -0.379. The van der Waals surface area contributed by atoms with E-state index in [4.69, 9.17) is 9.15 Å². The molecule has 0 atom stereocenters. The van der Waals surface area contributed by atoms with Crippen LogP contribution in [0.1, 0.15) is 20.7 Å². The van der Waals surface area contributed by atoms with Gasteiger partial charge in [-0.3, -0.25) is 19.3 Å². The van der Waals surface area contributed by atoms with Crippen molar-refractivity contribution in [2.24, 2.45) is 0 Å². The molecule has 0 bridgehead atoms. The molecule has 0 unspecified atom stereocenters. The van der Waals surface area contributed by atoms with Gasteiger partial charge in [-0.2, -0.15) is 0 Å². The number of rotatable bonds is 5. The molecule has 0 radical (unpaired) electrons. The van der Waals surface area contributed by atoms with Crippen molar-refractivity contribution in [3.8, 4) is 17.2 Å². The Balaban J connectivity index is 1.33. The number of nitrogens with zero attached hydrogens (tertiary/aromatic N) is 2. The first-order valence-electron chi connectivity index (χ1n) is 9.83. The first kappa shape index (κ1) is 19.5. The van der Waals surface area contributed by atoms with E-state index < -0.39 is 17.7 Å². The van der Waals surface area contributed by atoms with E-state index in [0.717, 1.165) is 10.5 Å². The molecule has 5 rings (SSSR count). The molecule has 1 aliphatic rings. The number of imide groups is 1. The van der Waals surface area contributed by atoms with Gasteiger partial charge in [-0.1, -0.05) is 18.2 Å². The Morgan fingerprint density at radius 2 is 1.75 bits per heavy atom. The maximum atomic E-state index is 12.5.